The lowest BCUT2D eigenvalue weighted by Crippen LogP contribution is -2.29. The van der Waals surface area contributed by atoms with E-state index in [0.29, 0.717) is 6.07 Å². The van der Waals surface area contributed by atoms with Crippen molar-refractivity contribution in [3.8, 4) is 0 Å². The first-order valence-electron chi connectivity index (χ1n) is 4.77. The summed E-state index contributed by atoms with van der Waals surface area (Å²) >= 11 is 5.40. The summed E-state index contributed by atoms with van der Waals surface area (Å²) in [6.07, 6.45) is 0. The van der Waals surface area contributed by atoms with Crippen molar-refractivity contribution in [1.29, 1.82) is 0 Å². The second kappa shape index (κ2) is 5.59. The monoisotopic (exact) mass is 296 g/mol. The Morgan fingerprint density at radius 2 is 2.11 bits per heavy atom. The molecule has 6 nitrogen and oxygen atoms in total. The molecule has 0 N–H and O–H groups in total. The molecule has 1 aromatic rings. The van der Waals surface area contributed by atoms with E-state index in [1.165, 1.54) is 7.05 Å². The van der Waals surface area contributed by atoms with Crippen molar-refractivity contribution >= 4 is 27.3 Å². The number of nitro groups is 1. The number of hydrogen-bond acceptors (Lipinski definition) is 4. The molecule has 100 valence electrons. The quantitative estimate of drug-likeness (QED) is 0.469. The molecular weight excluding hydrogens is 287 g/mol. The first kappa shape index (κ1) is 14.8. The van der Waals surface area contributed by atoms with Crippen LogP contribution in [0.5, 0.6) is 0 Å². The first-order valence-corrected chi connectivity index (χ1v) is 6.74. The van der Waals surface area contributed by atoms with Gasteiger partial charge in [0.1, 0.15) is 10.7 Å². The molecule has 0 unspecified atom stereocenters. The van der Waals surface area contributed by atoms with Gasteiger partial charge in [-0.15, -0.1) is 11.6 Å². The second-order valence-electron chi connectivity index (χ2n) is 3.39. The third kappa shape index (κ3) is 2.95. The predicted octanol–water partition coefficient (Wildman–Crippen LogP) is 1.59. The summed E-state index contributed by atoms with van der Waals surface area (Å²) in [6, 6.07) is 2.34. The number of halogens is 2. The maximum Gasteiger partial charge on any atom is 0.270 e. The van der Waals surface area contributed by atoms with Gasteiger partial charge in [-0.3, -0.25) is 10.1 Å². The molecule has 0 saturated heterocycles. The number of sulfonamides is 1. The van der Waals surface area contributed by atoms with E-state index < -0.39 is 31.3 Å². The SMILES string of the molecule is CN(CCCl)S(=O)(=O)c1cc([N+](=O)[O-])ccc1F. The molecule has 1 aromatic carbocycles. The van der Waals surface area contributed by atoms with Gasteiger partial charge in [0, 0.05) is 31.6 Å². The normalized spacial score (nSPS) is 11.8. The van der Waals surface area contributed by atoms with Crippen molar-refractivity contribution in [2.75, 3.05) is 19.5 Å². The van der Waals surface area contributed by atoms with Gasteiger partial charge in [-0.05, 0) is 6.07 Å². The Labute approximate surface area is 108 Å². The minimum Gasteiger partial charge on any atom is -0.258 e. The van der Waals surface area contributed by atoms with Gasteiger partial charge in [0.15, 0.2) is 0 Å². The van der Waals surface area contributed by atoms with Crippen molar-refractivity contribution in [2.24, 2.45) is 0 Å². The highest BCUT2D eigenvalue weighted by molar-refractivity contribution is 7.89. The molecule has 0 saturated carbocycles. The lowest BCUT2D eigenvalue weighted by atomic mass is 10.3. The van der Waals surface area contributed by atoms with Crippen LogP contribution in [0.4, 0.5) is 10.1 Å². The number of hydrogen-bond donors (Lipinski definition) is 0. The standard InChI is InChI=1S/C9H10ClFN2O4S/c1-12(5-4-10)18(16,17)9-6-7(13(14)15)2-3-8(9)11/h2-3,6H,4-5H2,1H3. The van der Waals surface area contributed by atoms with Crippen LogP contribution in [0.1, 0.15) is 0 Å². The molecule has 18 heavy (non-hydrogen) atoms. The van der Waals surface area contributed by atoms with Crippen LogP contribution in [-0.2, 0) is 10.0 Å². The van der Waals surface area contributed by atoms with E-state index in [0.717, 1.165) is 16.4 Å². The minimum atomic E-state index is -4.12. The zero-order chi connectivity index (χ0) is 13.9. The summed E-state index contributed by atoms with van der Waals surface area (Å²) in [6.45, 7) is -0.0218. The summed E-state index contributed by atoms with van der Waals surface area (Å²) in [5, 5.41) is 10.5. The number of nitro benzene ring substituents is 1. The summed E-state index contributed by atoms with van der Waals surface area (Å²) in [7, 11) is -2.90. The van der Waals surface area contributed by atoms with Crippen molar-refractivity contribution in [1.82, 2.24) is 4.31 Å². The van der Waals surface area contributed by atoms with E-state index in [4.69, 9.17) is 11.6 Å². The Morgan fingerprint density at radius 1 is 1.50 bits per heavy atom. The Bertz CT molecular complexity index is 564. The Kier molecular flexibility index (Phi) is 4.60. The summed E-state index contributed by atoms with van der Waals surface area (Å²) in [4.78, 5) is 9.02. The summed E-state index contributed by atoms with van der Waals surface area (Å²) < 4.78 is 38.1. The van der Waals surface area contributed by atoms with Crippen LogP contribution in [-0.4, -0.2) is 37.1 Å². The van der Waals surface area contributed by atoms with Gasteiger partial charge in [-0.2, -0.15) is 4.31 Å². The largest absolute Gasteiger partial charge is 0.270 e. The zero-order valence-electron chi connectivity index (χ0n) is 9.34. The average Bonchev–Trinajstić information content (AvgIpc) is 2.29. The lowest BCUT2D eigenvalue weighted by Gasteiger charge is -2.15. The number of alkyl halides is 1. The van der Waals surface area contributed by atoms with Crippen LogP contribution >= 0.6 is 11.6 Å². The summed E-state index contributed by atoms with van der Waals surface area (Å²) in [5.41, 5.74) is -0.491. The molecule has 0 radical (unpaired) electrons. The van der Waals surface area contributed by atoms with Crippen LogP contribution < -0.4 is 0 Å². The van der Waals surface area contributed by atoms with E-state index in [9.17, 15) is 22.9 Å². The lowest BCUT2D eigenvalue weighted by molar-refractivity contribution is -0.385. The number of rotatable bonds is 5. The average molecular weight is 297 g/mol. The van der Waals surface area contributed by atoms with Gasteiger partial charge in [-0.1, -0.05) is 0 Å². The van der Waals surface area contributed by atoms with Crippen LogP contribution in [0.15, 0.2) is 23.1 Å². The van der Waals surface area contributed by atoms with E-state index in [2.05, 4.69) is 0 Å². The van der Waals surface area contributed by atoms with Gasteiger partial charge in [-0.25, -0.2) is 12.8 Å². The third-order valence-corrected chi connectivity index (χ3v) is 4.25. The van der Waals surface area contributed by atoms with Crippen molar-refractivity contribution in [3.63, 3.8) is 0 Å². The highest BCUT2D eigenvalue weighted by atomic mass is 35.5. The van der Waals surface area contributed by atoms with Crippen molar-refractivity contribution in [2.45, 2.75) is 4.90 Å². The second-order valence-corrected chi connectivity index (χ2v) is 5.78. The highest BCUT2D eigenvalue weighted by Crippen LogP contribution is 2.23. The van der Waals surface area contributed by atoms with E-state index in [1.54, 1.807) is 0 Å². The molecule has 0 fully saturated rings. The van der Waals surface area contributed by atoms with Crippen LogP contribution in [0.2, 0.25) is 0 Å². The molecule has 0 aromatic heterocycles. The Hall–Kier alpha value is -1.25. The van der Waals surface area contributed by atoms with E-state index in [1.807, 2.05) is 0 Å². The third-order valence-electron chi connectivity index (χ3n) is 2.21. The first-order chi connectivity index (χ1) is 8.30. The van der Waals surface area contributed by atoms with Gasteiger partial charge < -0.3 is 0 Å². The fraction of sp³-hybridized carbons (Fsp3) is 0.333. The van der Waals surface area contributed by atoms with Crippen LogP contribution in [0.25, 0.3) is 0 Å². The minimum absolute atomic E-state index is 0.0218. The van der Waals surface area contributed by atoms with E-state index >= 15 is 0 Å². The molecule has 0 bridgehead atoms. The Balaban J connectivity index is 3.31. The molecule has 1 rings (SSSR count). The molecule has 0 aliphatic rings. The number of nitrogens with zero attached hydrogens (tertiary/aromatic N) is 2. The molecule has 0 aliphatic carbocycles. The van der Waals surface area contributed by atoms with Crippen LogP contribution in [0.3, 0.4) is 0 Å². The molecule has 9 heteroatoms. The molecule has 0 heterocycles. The van der Waals surface area contributed by atoms with Gasteiger partial charge in [0.2, 0.25) is 10.0 Å². The highest BCUT2D eigenvalue weighted by Gasteiger charge is 2.26. The molecule has 0 atom stereocenters. The van der Waals surface area contributed by atoms with Gasteiger partial charge >= 0.3 is 0 Å². The summed E-state index contributed by atoms with van der Waals surface area (Å²) in [5.74, 6) is -1.01. The topological polar surface area (TPSA) is 80.5 Å². The number of non-ortho nitro benzene ring substituents is 1. The molecule has 0 amide bonds. The number of benzene rings is 1. The maximum atomic E-state index is 13.5. The van der Waals surface area contributed by atoms with E-state index in [-0.39, 0.29) is 12.4 Å². The van der Waals surface area contributed by atoms with Crippen molar-refractivity contribution < 1.29 is 17.7 Å². The fourth-order valence-corrected chi connectivity index (χ4v) is 2.82. The van der Waals surface area contributed by atoms with Crippen molar-refractivity contribution in [3.05, 3.63) is 34.1 Å². The maximum absolute atomic E-state index is 13.5. The zero-order valence-corrected chi connectivity index (χ0v) is 10.9. The predicted molar refractivity (Wildman–Crippen MR) is 63.6 cm³/mol. The molecule has 0 aliphatic heterocycles. The Morgan fingerprint density at radius 3 is 2.61 bits per heavy atom. The van der Waals surface area contributed by atoms with Gasteiger partial charge in [0.25, 0.3) is 5.69 Å². The molecular formula is C9H10ClFN2O4S. The fourth-order valence-electron chi connectivity index (χ4n) is 1.21. The molecule has 0 spiro atoms. The smallest absolute Gasteiger partial charge is 0.258 e. The van der Waals surface area contributed by atoms with Gasteiger partial charge in [0.05, 0.1) is 4.92 Å². The van der Waals surface area contributed by atoms with Crippen LogP contribution in [0, 0.1) is 15.9 Å².